The second-order valence-electron chi connectivity index (χ2n) is 4.10. The summed E-state index contributed by atoms with van der Waals surface area (Å²) in [6.45, 7) is 0.417. The molecule has 0 fully saturated rings. The van der Waals surface area contributed by atoms with Gasteiger partial charge in [-0.3, -0.25) is 0 Å². The Morgan fingerprint density at radius 2 is 2.16 bits per heavy atom. The summed E-state index contributed by atoms with van der Waals surface area (Å²) in [4.78, 5) is 0. The van der Waals surface area contributed by atoms with Crippen molar-refractivity contribution in [3.8, 4) is 0 Å². The average molecular weight is 328 g/mol. The highest BCUT2D eigenvalue weighted by atomic mass is 79.9. The Hall–Kier alpha value is -1.17. The van der Waals surface area contributed by atoms with Gasteiger partial charge in [0, 0.05) is 7.11 Å². The normalized spacial score (nSPS) is 12.6. The molecule has 1 aromatic heterocycles. The molecular formula is C14H15BrFNO2. The topological polar surface area (TPSA) is 34.4 Å². The van der Waals surface area contributed by atoms with E-state index in [1.165, 1.54) is 6.07 Å². The van der Waals surface area contributed by atoms with Crippen molar-refractivity contribution in [2.24, 2.45) is 0 Å². The second kappa shape index (κ2) is 6.32. The zero-order valence-electron chi connectivity index (χ0n) is 10.7. The molecule has 0 radical (unpaired) electrons. The van der Waals surface area contributed by atoms with Crippen molar-refractivity contribution in [3.05, 3.63) is 57.7 Å². The maximum Gasteiger partial charge on any atom is 0.137 e. The van der Waals surface area contributed by atoms with E-state index in [1.54, 1.807) is 20.2 Å². The summed E-state index contributed by atoms with van der Waals surface area (Å²) in [5.74, 6) is 1.17. The highest BCUT2D eigenvalue weighted by molar-refractivity contribution is 9.10. The fourth-order valence-corrected chi connectivity index (χ4v) is 2.46. The van der Waals surface area contributed by atoms with Gasteiger partial charge in [-0.1, -0.05) is 12.1 Å². The standard InChI is InChI=1S/C14H15BrFNO2/c1-17-14(10-4-3-5-11(16)13(10)15)12-7-6-9(19-12)8-18-2/h3-7,14,17H,8H2,1-2H3. The molecule has 0 aliphatic heterocycles. The summed E-state index contributed by atoms with van der Waals surface area (Å²) < 4.78 is 24.8. The van der Waals surface area contributed by atoms with Crippen LogP contribution < -0.4 is 5.32 Å². The van der Waals surface area contributed by atoms with E-state index in [-0.39, 0.29) is 11.9 Å². The highest BCUT2D eigenvalue weighted by Crippen LogP contribution is 2.31. The Morgan fingerprint density at radius 1 is 1.37 bits per heavy atom. The lowest BCUT2D eigenvalue weighted by Gasteiger charge is -2.16. The molecule has 0 spiro atoms. The summed E-state index contributed by atoms with van der Waals surface area (Å²) in [7, 11) is 3.42. The maximum atomic E-state index is 13.6. The quantitative estimate of drug-likeness (QED) is 0.910. The van der Waals surface area contributed by atoms with Gasteiger partial charge in [-0.25, -0.2) is 4.39 Å². The third-order valence-corrected chi connectivity index (χ3v) is 3.67. The van der Waals surface area contributed by atoms with Crippen LogP contribution >= 0.6 is 15.9 Å². The highest BCUT2D eigenvalue weighted by Gasteiger charge is 2.20. The minimum absolute atomic E-state index is 0.212. The molecule has 5 heteroatoms. The van der Waals surface area contributed by atoms with Gasteiger partial charge in [0.25, 0.3) is 0 Å². The van der Waals surface area contributed by atoms with Crippen LogP contribution in [0, 0.1) is 5.82 Å². The minimum atomic E-state index is -0.290. The molecule has 0 saturated carbocycles. The van der Waals surface area contributed by atoms with Crippen LogP contribution in [0.5, 0.6) is 0 Å². The lowest BCUT2D eigenvalue weighted by Crippen LogP contribution is -2.17. The first-order chi connectivity index (χ1) is 9.17. The molecule has 1 heterocycles. The first-order valence-electron chi connectivity index (χ1n) is 5.86. The molecule has 19 heavy (non-hydrogen) atoms. The smallest absolute Gasteiger partial charge is 0.137 e. The molecule has 1 unspecified atom stereocenters. The van der Waals surface area contributed by atoms with Gasteiger partial charge in [-0.05, 0) is 46.7 Å². The molecule has 1 atom stereocenters. The van der Waals surface area contributed by atoms with Gasteiger partial charge in [0.1, 0.15) is 23.9 Å². The van der Waals surface area contributed by atoms with Crippen LogP contribution in [-0.2, 0) is 11.3 Å². The molecule has 0 bridgehead atoms. The van der Waals surface area contributed by atoms with Crippen molar-refractivity contribution < 1.29 is 13.5 Å². The van der Waals surface area contributed by atoms with E-state index >= 15 is 0 Å². The van der Waals surface area contributed by atoms with E-state index in [9.17, 15) is 4.39 Å². The number of methoxy groups -OCH3 is 1. The maximum absolute atomic E-state index is 13.6. The lowest BCUT2D eigenvalue weighted by molar-refractivity contribution is 0.162. The van der Waals surface area contributed by atoms with Crippen LogP contribution in [0.4, 0.5) is 4.39 Å². The molecule has 2 aromatic rings. The van der Waals surface area contributed by atoms with E-state index < -0.39 is 0 Å². The molecule has 1 N–H and O–H groups in total. The van der Waals surface area contributed by atoms with Crippen LogP contribution in [0.15, 0.2) is 39.2 Å². The van der Waals surface area contributed by atoms with Gasteiger partial charge in [0.2, 0.25) is 0 Å². The number of rotatable bonds is 5. The van der Waals surface area contributed by atoms with Crippen LogP contribution in [0.25, 0.3) is 0 Å². The largest absolute Gasteiger partial charge is 0.462 e. The molecule has 102 valence electrons. The summed E-state index contributed by atoms with van der Waals surface area (Å²) >= 11 is 3.28. The SMILES string of the molecule is CNC(c1ccc(COC)o1)c1cccc(F)c1Br. The number of nitrogens with one attached hydrogen (secondary N) is 1. The van der Waals surface area contributed by atoms with Crippen molar-refractivity contribution >= 4 is 15.9 Å². The molecule has 0 saturated heterocycles. The van der Waals surface area contributed by atoms with Crippen LogP contribution in [-0.4, -0.2) is 14.2 Å². The summed E-state index contributed by atoms with van der Waals surface area (Å²) in [6, 6.07) is 8.46. The fourth-order valence-electron chi connectivity index (χ4n) is 1.96. The summed E-state index contributed by atoms with van der Waals surface area (Å²) in [5.41, 5.74) is 0.792. The van der Waals surface area contributed by atoms with Crippen molar-refractivity contribution in [3.63, 3.8) is 0 Å². The Bertz CT molecular complexity index is 556. The van der Waals surface area contributed by atoms with E-state index in [1.807, 2.05) is 18.2 Å². The molecule has 0 aliphatic rings. The third-order valence-electron chi connectivity index (χ3n) is 2.83. The van der Waals surface area contributed by atoms with Gasteiger partial charge < -0.3 is 14.5 Å². The first-order valence-corrected chi connectivity index (χ1v) is 6.65. The predicted octanol–water partition coefficient (Wildman–Crippen LogP) is 3.64. The Labute approximate surface area is 119 Å². The van der Waals surface area contributed by atoms with E-state index in [0.29, 0.717) is 11.1 Å². The fraction of sp³-hybridized carbons (Fsp3) is 0.286. The van der Waals surface area contributed by atoms with Crippen LogP contribution in [0.3, 0.4) is 0 Å². The van der Waals surface area contributed by atoms with Gasteiger partial charge in [-0.2, -0.15) is 0 Å². The number of ether oxygens (including phenoxy) is 1. The van der Waals surface area contributed by atoms with Crippen LogP contribution in [0.2, 0.25) is 0 Å². The zero-order chi connectivity index (χ0) is 13.8. The molecule has 2 rings (SSSR count). The predicted molar refractivity (Wildman–Crippen MR) is 74.4 cm³/mol. The van der Waals surface area contributed by atoms with Gasteiger partial charge >= 0.3 is 0 Å². The third kappa shape index (κ3) is 3.05. The van der Waals surface area contributed by atoms with E-state index in [0.717, 1.165) is 17.1 Å². The van der Waals surface area contributed by atoms with Gasteiger partial charge in [0.15, 0.2) is 0 Å². The Balaban J connectivity index is 2.35. The van der Waals surface area contributed by atoms with Crippen LogP contribution in [0.1, 0.15) is 23.1 Å². The number of furan rings is 1. The Morgan fingerprint density at radius 3 is 2.84 bits per heavy atom. The van der Waals surface area contributed by atoms with Gasteiger partial charge in [0.05, 0.1) is 10.5 Å². The molecule has 0 amide bonds. The van der Waals surface area contributed by atoms with E-state index in [4.69, 9.17) is 9.15 Å². The summed E-state index contributed by atoms with van der Waals surface area (Å²) in [6.07, 6.45) is 0. The zero-order valence-corrected chi connectivity index (χ0v) is 12.3. The molecule has 0 aliphatic carbocycles. The molecular weight excluding hydrogens is 313 g/mol. The van der Waals surface area contributed by atoms with Crippen molar-refractivity contribution in [1.82, 2.24) is 5.32 Å². The number of hydrogen-bond donors (Lipinski definition) is 1. The summed E-state index contributed by atoms with van der Waals surface area (Å²) in [5, 5.41) is 3.13. The Kier molecular flexibility index (Phi) is 4.74. The molecule has 3 nitrogen and oxygen atoms in total. The monoisotopic (exact) mass is 327 g/mol. The van der Waals surface area contributed by atoms with E-state index in [2.05, 4.69) is 21.2 Å². The first kappa shape index (κ1) is 14.2. The average Bonchev–Trinajstić information content (AvgIpc) is 2.84. The molecule has 1 aromatic carbocycles. The van der Waals surface area contributed by atoms with Crippen molar-refractivity contribution in [2.75, 3.05) is 14.2 Å². The number of hydrogen-bond acceptors (Lipinski definition) is 3. The van der Waals surface area contributed by atoms with Gasteiger partial charge in [-0.15, -0.1) is 0 Å². The lowest BCUT2D eigenvalue weighted by atomic mass is 10.0. The minimum Gasteiger partial charge on any atom is -0.462 e. The number of halogens is 2. The number of benzene rings is 1. The van der Waals surface area contributed by atoms with Crippen molar-refractivity contribution in [1.29, 1.82) is 0 Å². The second-order valence-corrected chi connectivity index (χ2v) is 4.89. The van der Waals surface area contributed by atoms with Crippen molar-refractivity contribution in [2.45, 2.75) is 12.6 Å².